The van der Waals surface area contributed by atoms with Crippen LogP contribution in [0.3, 0.4) is 0 Å². The lowest BCUT2D eigenvalue weighted by Crippen LogP contribution is -2.19. The zero-order chi connectivity index (χ0) is 16.5. The first-order chi connectivity index (χ1) is 11.2. The smallest absolute Gasteiger partial charge is 0.316 e. The number of hydrogen-bond acceptors (Lipinski definition) is 2. The summed E-state index contributed by atoms with van der Waals surface area (Å²) >= 11 is 0. The molecule has 4 heteroatoms. The molecule has 118 valence electrons. The van der Waals surface area contributed by atoms with Crippen molar-refractivity contribution in [3.8, 4) is 0 Å². The number of hydrogen-bond donors (Lipinski definition) is 3. The lowest BCUT2D eigenvalue weighted by atomic mass is 10.1. The minimum atomic E-state index is -0.540. The second-order valence-electron chi connectivity index (χ2n) is 4.91. The molecule has 0 aliphatic heterocycles. The number of amides is 2. The van der Waals surface area contributed by atoms with Crippen molar-refractivity contribution in [1.82, 2.24) is 0 Å². The summed E-state index contributed by atoms with van der Waals surface area (Å²) < 4.78 is 0. The molecule has 0 aliphatic carbocycles. The number of anilines is 2. The highest BCUT2D eigenvalue weighted by Gasteiger charge is 2.00. The van der Waals surface area contributed by atoms with Gasteiger partial charge in [0.1, 0.15) is 0 Å². The monoisotopic (exact) mass is 307 g/mol. The van der Waals surface area contributed by atoms with Gasteiger partial charge < -0.3 is 16.4 Å². The quantitative estimate of drug-likeness (QED) is 0.669. The highest BCUT2D eigenvalue weighted by molar-refractivity contribution is 6.00. The Kier molecular flexibility index (Phi) is 6.00. The Morgan fingerprint density at radius 3 is 2.26 bits per heavy atom. The molecular formula is C19H21N3O. The molecule has 0 radical (unpaired) electrons. The van der Waals surface area contributed by atoms with Gasteiger partial charge in [0.15, 0.2) is 0 Å². The van der Waals surface area contributed by atoms with E-state index in [4.69, 9.17) is 5.73 Å². The van der Waals surface area contributed by atoms with E-state index in [2.05, 4.69) is 29.7 Å². The molecule has 3 rings (SSSR count). The Morgan fingerprint density at radius 2 is 1.57 bits per heavy atom. The van der Waals surface area contributed by atoms with Crippen molar-refractivity contribution in [2.45, 2.75) is 6.92 Å². The summed E-state index contributed by atoms with van der Waals surface area (Å²) in [6, 6.07) is 23.2. The third-order valence-corrected chi connectivity index (χ3v) is 3.20. The van der Waals surface area contributed by atoms with Gasteiger partial charge in [-0.2, -0.15) is 0 Å². The van der Waals surface area contributed by atoms with Gasteiger partial charge in [-0.1, -0.05) is 54.6 Å². The van der Waals surface area contributed by atoms with Crippen molar-refractivity contribution in [2.75, 3.05) is 17.2 Å². The van der Waals surface area contributed by atoms with Gasteiger partial charge >= 0.3 is 6.03 Å². The van der Waals surface area contributed by atoms with E-state index < -0.39 is 6.03 Å². The largest absolute Gasteiger partial charge is 0.385 e. The molecule has 0 saturated heterocycles. The maximum absolute atomic E-state index is 10.7. The minimum absolute atomic E-state index is 0.540. The zero-order valence-corrected chi connectivity index (χ0v) is 13.1. The summed E-state index contributed by atoms with van der Waals surface area (Å²) in [6.45, 7) is 3.08. The molecule has 0 heterocycles. The summed E-state index contributed by atoms with van der Waals surface area (Å²) in [5, 5.41) is 7.87. The lowest BCUT2D eigenvalue weighted by Gasteiger charge is -2.05. The maximum Gasteiger partial charge on any atom is 0.316 e. The molecule has 0 aromatic heterocycles. The van der Waals surface area contributed by atoms with Crippen molar-refractivity contribution in [1.29, 1.82) is 0 Å². The number of urea groups is 1. The van der Waals surface area contributed by atoms with Gasteiger partial charge in [-0.3, -0.25) is 0 Å². The standard InChI is InChI=1S/C11H10N2O.C8H11N/c12-11(14)13-10-7-3-5-8-4-1-2-6-9(8)10;1-2-9-8-6-4-3-5-7-8/h1-7H,(H3,12,13,14);3-7,9H,2H2,1H3. The van der Waals surface area contributed by atoms with E-state index in [0.29, 0.717) is 0 Å². The van der Waals surface area contributed by atoms with Gasteiger partial charge in [-0.15, -0.1) is 0 Å². The van der Waals surface area contributed by atoms with Crippen molar-refractivity contribution in [3.05, 3.63) is 72.8 Å². The second kappa shape index (κ2) is 8.44. The van der Waals surface area contributed by atoms with Crippen LogP contribution >= 0.6 is 0 Å². The van der Waals surface area contributed by atoms with Crippen LogP contribution in [0.15, 0.2) is 72.8 Å². The zero-order valence-electron chi connectivity index (χ0n) is 13.1. The Hall–Kier alpha value is -3.01. The van der Waals surface area contributed by atoms with Gasteiger partial charge in [0.2, 0.25) is 0 Å². The van der Waals surface area contributed by atoms with Crippen LogP contribution in [0.5, 0.6) is 0 Å². The molecule has 23 heavy (non-hydrogen) atoms. The van der Waals surface area contributed by atoms with E-state index in [1.807, 2.05) is 60.7 Å². The van der Waals surface area contributed by atoms with Crippen LogP contribution in [0.25, 0.3) is 10.8 Å². The molecule has 0 bridgehead atoms. The molecule has 0 unspecified atom stereocenters. The first kappa shape index (κ1) is 16.4. The predicted octanol–water partition coefficient (Wildman–Crippen LogP) is 4.45. The molecule has 4 nitrogen and oxygen atoms in total. The number of rotatable bonds is 3. The number of carbonyl (C=O) groups excluding carboxylic acids is 1. The molecule has 0 fully saturated rings. The molecule has 3 aromatic rings. The molecular weight excluding hydrogens is 286 g/mol. The fraction of sp³-hybridized carbons (Fsp3) is 0.105. The number of primary amides is 1. The van der Waals surface area contributed by atoms with Crippen LogP contribution in [-0.4, -0.2) is 12.6 Å². The van der Waals surface area contributed by atoms with Crippen LogP contribution in [0.4, 0.5) is 16.2 Å². The van der Waals surface area contributed by atoms with Crippen LogP contribution < -0.4 is 16.4 Å². The number of fused-ring (bicyclic) bond motifs is 1. The van der Waals surface area contributed by atoms with Gasteiger partial charge in [-0.25, -0.2) is 4.79 Å². The Morgan fingerprint density at radius 1 is 0.913 bits per heavy atom. The van der Waals surface area contributed by atoms with Gasteiger partial charge in [0.25, 0.3) is 0 Å². The number of nitrogens with one attached hydrogen (secondary N) is 2. The predicted molar refractivity (Wildman–Crippen MR) is 97.8 cm³/mol. The normalized spacial score (nSPS) is 9.61. The lowest BCUT2D eigenvalue weighted by molar-refractivity contribution is 0.259. The summed E-state index contributed by atoms with van der Waals surface area (Å²) in [7, 11) is 0. The van der Waals surface area contributed by atoms with Crippen molar-refractivity contribution in [2.24, 2.45) is 5.73 Å². The van der Waals surface area contributed by atoms with Crippen LogP contribution in [0.2, 0.25) is 0 Å². The molecule has 0 aliphatic rings. The van der Waals surface area contributed by atoms with E-state index >= 15 is 0 Å². The highest BCUT2D eigenvalue weighted by atomic mass is 16.2. The molecule has 2 amide bonds. The maximum atomic E-state index is 10.7. The van der Waals surface area contributed by atoms with Gasteiger partial charge in [0, 0.05) is 17.6 Å². The average molecular weight is 307 g/mol. The first-order valence-electron chi connectivity index (χ1n) is 7.54. The van der Waals surface area contributed by atoms with E-state index in [9.17, 15) is 4.79 Å². The number of carbonyl (C=O) groups is 1. The highest BCUT2D eigenvalue weighted by Crippen LogP contribution is 2.22. The van der Waals surface area contributed by atoms with E-state index in [1.54, 1.807) is 0 Å². The average Bonchev–Trinajstić information content (AvgIpc) is 2.57. The second-order valence-corrected chi connectivity index (χ2v) is 4.91. The molecule has 4 N–H and O–H groups in total. The van der Waals surface area contributed by atoms with Crippen molar-refractivity contribution < 1.29 is 4.79 Å². The van der Waals surface area contributed by atoms with Gasteiger partial charge in [0.05, 0.1) is 5.69 Å². The van der Waals surface area contributed by atoms with Crippen LogP contribution in [-0.2, 0) is 0 Å². The minimum Gasteiger partial charge on any atom is -0.385 e. The summed E-state index contributed by atoms with van der Waals surface area (Å²) in [4.78, 5) is 10.7. The number of para-hydroxylation sites is 1. The van der Waals surface area contributed by atoms with E-state index in [0.717, 1.165) is 23.0 Å². The molecule has 0 saturated carbocycles. The Labute approximate surface area is 136 Å². The molecule has 3 aromatic carbocycles. The van der Waals surface area contributed by atoms with E-state index in [-0.39, 0.29) is 0 Å². The fourth-order valence-corrected chi connectivity index (χ4v) is 2.23. The molecule has 0 atom stereocenters. The Balaban J connectivity index is 0.000000185. The summed E-state index contributed by atoms with van der Waals surface area (Å²) in [5.41, 5.74) is 7.01. The Bertz CT molecular complexity index is 751. The van der Waals surface area contributed by atoms with Crippen LogP contribution in [0.1, 0.15) is 6.92 Å². The molecule has 0 spiro atoms. The third kappa shape index (κ3) is 5.04. The van der Waals surface area contributed by atoms with E-state index in [1.165, 1.54) is 5.69 Å². The van der Waals surface area contributed by atoms with Crippen LogP contribution in [0, 0.1) is 0 Å². The van der Waals surface area contributed by atoms with Gasteiger partial charge in [-0.05, 0) is 30.5 Å². The summed E-state index contributed by atoms with van der Waals surface area (Å²) in [5.74, 6) is 0. The third-order valence-electron chi connectivity index (χ3n) is 3.20. The number of nitrogens with two attached hydrogens (primary N) is 1. The van der Waals surface area contributed by atoms with Crippen molar-refractivity contribution >= 4 is 28.2 Å². The first-order valence-corrected chi connectivity index (χ1v) is 7.54. The fourth-order valence-electron chi connectivity index (χ4n) is 2.23. The van der Waals surface area contributed by atoms with Crippen molar-refractivity contribution in [3.63, 3.8) is 0 Å². The number of benzene rings is 3. The topological polar surface area (TPSA) is 67.1 Å². The summed E-state index contributed by atoms with van der Waals surface area (Å²) in [6.07, 6.45) is 0. The SMILES string of the molecule is CCNc1ccccc1.NC(=O)Nc1cccc2ccccc12.